The van der Waals surface area contributed by atoms with E-state index in [-0.39, 0.29) is 11.7 Å². The fourth-order valence-electron chi connectivity index (χ4n) is 2.37. The van der Waals surface area contributed by atoms with Crippen LogP contribution in [0.4, 0.5) is 4.39 Å². The summed E-state index contributed by atoms with van der Waals surface area (Å²) in [6.07, 6.45) is 2.70. The molecule has 0 aromatic heterocycles. The van der Waals surface area contributed by atoms with Gasteiger partial charge in [0.2, 0.25) is 5.91 Å². The van der Waals surface area contributed by atoms with Crippen LogP contribution in [0.5, 0.6) is 0 Å². The summed E-state index contributed by atoms with van der Waals surface area (Å²) in [4.78, 5) is 11.8. The standard InChI is InChI=1S/C15H21FN2O/c1-11-2-3-13(8-14(11)16)10-18-15(19)9-12-4-6-17-7-5-12/h2-3,8,12,17H,4-7,9-10H2,1H3,(H,18,19). The third kappa shape index (κ3) is 4.31. The fourth-order valence-corrected chi connectivity index (χ4v) is 2.37. The van der Waals surface area contributed by atoms with Crippen molar-refractivity contribution in [2.75, 3.05) is 13.1 Å². The van der Waals surface area contributed by atoms with Gasteiger partial charge in [0.25, 0.3) is 0 Å². The van der Waals surface area contributed by atoms with Gasteiger partial charge in [-0.25, -0.2) is 4.39 Å². The van der Waals surface area contributed by atoms with E-state index in [1.807, 2.05) is 6.07 Å². The average Bonchev–Trinajstić information content (AvgIpc) is 2.41. The normalized spacial score (nSPS) is 16.3. The predicted octanol–water partition coefficient (Wildman–Crippen LogP) is 2.14. The number of nitrogens with one attached hydrogen (secondary N) is 2. The first-order chi connectivity index (χ1) is 9.15. The van der Waals surface area contributed by atoms with Crippen LogP contribution in [0.25, 0.3) is 0 Å². The van der Waals surface area contributed by atoms with E-state index in [0.29, 0.717) is 24.4 Å². The summed E-state index contributed by atoms with van der Waals surface area (Å²) in [7, 11) is 0. The summed E-state index contributed by atoms with van der Waals surface area (Å²) < 4.78 is 13.4. The molecule has 0 bridgehead atoms. The topological polar surface area (TPSA) is 41.1 Å². The maximum atomic E-state index is 13.4. The lowest BCUT2D eigenvalue weighted by molar-refractivity contribution is -0.122. The van der Waals surface area contributed by atoms with Crippen LogP contribution in [-0.2, 0) is 11.3 Å². The zero-order valence-electron chi connectivity index (χ0n) is 11.3. The van der Waals surface area contributed by atoms with E-state index in [1.54, 1.807) is 13.0 Å². The molecule has 1 aromatic rings. The van der Waals surface area contributed by atoms with Crippen LogP contribution < -0.4 is 10.6 Å². The van der Waals surface area contributed by atoms with Crippen molar-refractivity contribution in [1.82, 2.24) is 10.6 Å². The van der Waals surface area contributed by atoms with Crippen molar-refractivity contribution in [3.63, 3.8) is 0 Å². The Kier molecular flexibility index (Phi) is 4.91. The number of rotatable bonds is 4. The van der Waals surface area contributed by atoms with Crippen LogP contribution in [-0.4, -0.2) is 19.0 Å². The molecule has 2 N–H and O–H groups in total. The molecule has 104 valence electrons. The predicted molar refractivity (Wildman–Crippen MR) is 73.2 cm³/mol. The Bertz CT molecular complexity index is 442. The second-order valence-electron chi connectivity index (χ2n) is 5.26. The van der Waals surface area contributed by atoms with Gasteiger partial charge in [0.05, 0.1) is 0 Å². The number of piperidine rings is 1. The molecule has 2 rings (SSSR count). The third-order valence-corrected chi connectivity index (χ3v) is 3.66. The summed E-state index contributed by atoms with van der Waals surface area (Å²) in [5, 5.41) is 6.15. The quantitative estimate of drug-likeness (QED) is 0.875. The number of amides is 1. The number of carbonyl (C=O) groups is 1. The molecule has 0 unspecified atom stereocenters. The second kappa shape index (κ2) is 6.66. The number of hydrogen-bond donors (Lipinski definition) is 2. The highest BCUT2D eigenvalue weighted by atomic mass is 19.1. The van der Waals surface area contributed by atoms with E-state index < -0.39 is 0 Å². The van der Waals surface area contributed by atoms with Gasteiger partial charge >= 0.3 is 0 Å². The van der Waals surface area contributed by atoms with Crippen molar-refractivity contribution < 1.29 is 9.18 Å². The van der Waals surface area contributed by atoms with Gasteiger partial charge in [-0.05, 0) is 56.0 Å². The molecule has 0 spiro atoms. The first-order valence-corrected chi connectivity index (χ1v) is 6.87. The molecule has 0 saturated carbocycles. The number of hydrogen-bond acceptors (Lipinski definition) is 2. The van der Waals surface area contributed by atoms with E-state index in [1.165, 1.54) is 6.07 Å². The van der Waals surface area contributed by atoms with Crippen LogP contribution in [0.2, 0.25) is 0 Å². The van der Waals surface area contributed by atoms with Gasteiger partial charge in [0, 0.05) is 13.0 Å². The smallest absolute Gasteiger partial charge is 0.220 e. The van der Waals surface area contributed by atoms with E-state index in [2.05, 4.69) is 10.6 Å². The van der Waals surface area contributed by atoms with Crippen molar-refractivity contribution in [1.29, 1.82) is 0 Å². The van der Waals surface area contributed by atoms with Gasteiger partial charge in [-0.15, -0.1) is 0 Å². The first-order valence-electron chi connectivity index (χ1n) is 6.87. The molecule has 0 aliphatic carbocycles. The summed E-state index contributed by atoms with van der Waals surface area (Å²) in [5.41, 5.74) is 1.44. The third-order valence-electron chi connectivity index (χ3n) is 3.66. The number of halogens is 1. The fraction of sp³-hybridized carbons (Fsp3) is 0.533. The van der Waals surface area contributed by atoms with Crippen molar-refractivity contribution in [2.45, 2.75) is 32.7 Å². The highest BCUT2D eigenvalue weighted by molar-refractivity contribution is 5.76. The maximum absolute atomic E-state index is 13.4. The Labute approximate surface area is 113 Å². The van der Waals surface area contributed by atoms with Crippen molar-refractivity contribution in [2.24, 2.45) is 5.92 Å². The molecule has 1 aliphatic heterocycles. The molecule has 1 saturated heterocycles. The molecule has 0 radical (unpaired) electrons. The maximum Gasteiger partial charge on any atom is 0.220 e. The second-order valence-corrected chi connectivity index (χ2v) is 5.26. The molecule has 1 fully saturated rings. The molecule has 1 aliphatic rings. The molecule has 3 nitrogen and oxygen atoms in total. The highest BCUT2D eigenvalue weighted by Gasteiger charge is 2.16. The molecule has 1 amide bonds. The lowest BCUT2D eigenvalue weighted by atomic mass is 9.94. The van der Waals surface area contributed by atoms with Crippen molar-refractivity contribution in [3.8, 4) is 0 Å². The number of carbonyl (C=O) groups excluding carboxylic acids is 1. The summed E-state index contributed by atoms with van der Waals surface area (Å²) in [6.45, 7) is 4.14. The Balaban J connectivity index is 1.77. The van der Waals surface area contributed by atoms with Gasteiger partial charge < -0.3 is 10.6 Å². The molecule has 1 heterocycles. The van der Waals surface area contributed by atoms with Crippen LogP contribution in [0.1, 0.15) is 30.4 Å². The monoisotopic (exact) mass is 264 g/mol. The minimum absolute atomic E-state index is 0.0629. The number of benzene rings is 1. The van der Waals surface area contributed by atoms with E-state index in [4.69, 9.17) is 0 Å². The SMILES string of the molecule is Cc1ccc(CNC(=O)CC2CCNCC2)cc1F. The first kappa shape index (κ1) is 14.0. The van der Waals surface area contributed by atoms with Crippen LogP contribution >= 0.6 is 0 Å². The lowest BCUT2D eigenvalue weighted by Crippen LogP contribution is -2.32. The molecule has 19 heavy (non-hydrogen) atoms. The molecule has 4 heteroatoms. The number of aryl methyl sites for hydroxylation is 1. The Morgan fingerprint density at radius 3 is 2.84 bits per heavy atom. The average molecular weight is 264 g/mol. The molecular weight excluding hydrogens is 243 g/mol. The van der Waals surface area contributed by atoms with E-state index in [9.17, 15) is 9.18 Å². The van der Waals surface area contributed by atoms with Gasteiger partial charge in [-0.1, -0.05) is 12.1 Å². The van der Waals surface area contributed by atoms with Crippen LogP contribution in [0, 0.1) is 18.7 Å². The summed E-state index contributed by atoms with van der Waals surface area (Å²) >= 11 is 0. The largest absolute Gasteiger partial charge is 0.352 e. The summed E-state index contributed by atoms with van der Waals surface area (Å²) in [6, 6.07) is 5.08. The van der Waals surface area contributed by atoms with Crippen molar-refractivity contribution in [3.05, 3.63) is 35.1 Å². The zero-order valence-corrected chi connectivity index (χ0v) is 11.3. The Morgan fingerprint density at radius 2 is 2.16 bits per heavy atom. The van der Waals surface area contributed by atoms with E-state index in [0.717, 1.165) is 31.5 Å². The Hall–Kier alpha value is -1.42. The summed E-state index contributed by atoms with van der Waals surface area (Å²) in [5.74, 6) is 0.328. The van der Waals surface area contributed by atoms with E-state index >= 15 is 0 Å². The minimum atomic E-state index is -0.217. The zero-order chi connectivity index (χ0) is 13.7. The highest BCUT2D eigenvalue weighted by Crippen LogP contribution is 2.15. The Morgan fingerprint density at radius 1 is 1.42 bits per heavy atom. The minimum Gasteiger partial charge on any atom is -0.352 e. The van der Waals surface area contributed by atoms with Gasteiger partial charge in [0.15, 0.2) is 0 Å². The van der Waals surface area contributed by atoms with Gasteiger partial charge in [-0.2, -0.15) is 0 Å². The van der Waals surface area contributed by atoms with Gasteiger partial charge in [-0.3, -0.25) is 4.79 Å². The molecule has 1 aromatic carbocycles. The molecule has 0 atom stereocenters. The van der Waals surface area contributed by atoms with Gasteiger partial charge in [0.1, 0.15) is 5.82 Å². The van der Waals surface area contributed by atoms with Crippen LogP contribution in [0.3, 0.4) is 0 Å². The molecular formula is C15H21FN2O. The van der Waals surface area contributed by atoms with Crippen molar-refractivity contribution >= 4 is 5.91 Å². The lowest BCUT2D eigenvalue weighted by Gasteiger charge is -2.21. The van der Waals surface area contributed by atoms with Crippen LogP contribution in [0.15, 0.2) is 18.2 Å².